The molecule has 1 aromatic carbocycles. The smallest absolute Gasteiger partial charge is 0.314 e. The summed E-state index contributed by atoms with van der Waals surface area (Å²) >= 11 is 5.70. The van der Waals surface area contributed by atoms with E-state index in [4.69, 9.17) is 17.0 Å². The number of nitrogens with one attached hydrogen (secondary N) is 1. The number of piperidine rings is 1. The highest BCUT2D eigenvalue weighted by Gasteiger charge is 2.30. The number of carbonyl (C=O) groups excluding carboxylic acids is 1. The van der Waals surface area contributed by atoms with Gasteiger partial charge in [0.2, 0.25) is 4.77 Å². The molecule has 7 heteroatoms. The van der Waals surface area contributed by atoms with Crippen LogP contribution in [0.2, 0.25) is 0 Å². The number of benzene rings is 1. The number of carbonyl (C=O) groups is 1. The van der Waals surface area contributed by atoms with Gasteiger partial charge in [-0.2, -0.15) is 9.78 Å². The first-order valence-corrected chi connectivity index (χ1v) is 9.64. The molecule has 2 aromatic rings. The molecule has 1 aliphatic heterocycles. The average molecular weight is 376 g/mol. The quantitative estimate of drug-likeness (QED) is 0.640. The van der Waals surface area contributed by atoms with Gasteiger partial charge in [-0.25, -0.2) is 0 Å². The molecule has 1 aliphatic rings. The summed E-state index contributed by atoms with van der Waals surface area (Å²) in [6.07, 6.45) is 1.92. The Hall–Kier alpha value is -1.99. The largest absolute Gasteiger partial charge is 0.466 e. The van der Waals surface area contributed by atoms with Crippen molar-refractivity contribution in [1.29, 1.82) is 0 Å². The molecule has 0 saturated carbocycles. The van der Waals surface area contributed by atoms with Crippen molar-refractivity contribution in [2.45, 2.75) is 40.3 Å². The highest BCUT2D eigenvalue weighted by molar-refractivity contribution is 7.71. The maximum absolute atomic E-state index is 12.1. The molecule has 1 fully saturated rings. The van der Waals surface area contributed by atoms with E-state index in [1.807, 2.05) is 35.2 Å². The second kappa shape index (κ2) is 8.14. The van der Waals surface area contributed by atoms with E-state index in [0.717, 1.165) is 37.4 Å². The highest BCUT2D eigenvalue weighted by atomic mass is 32.1. The molecule has 1 unspecified atom stereocenters. The molecule has 0 amide bonds. The number of para-hydroxylation sites is 1. The van der Waals surface area contributed by atoms with Crippen molar-refractivity contribution in [1.82, 2.24) is 14.3 Å². The number of hydrogen-bond donors (Lipinski definition) is 1. The molecule has 6 nitrogen and oxygen atoms in total. The lowest BCUT2D eigenvalue weighted by Crippen LogP contribution is -3.13. The Bertz CT molecular complexity index is 842. The third-order valence-corrected chi connectivity index (χ3v) is 5.36. The monoisotopic (exact) mass is 375 g/mol. The van der Waals surface area contributed by atoms with Crippen molar-refractivity contribution < 1.29 is 14.4 Å². The minimum atomic E-state index is -0.0742. The van der Waals surface area contributed by atoms with Gasteiger partial charge in [0, 0.05) is 0 Å². The predicted octanol–water partition coefficient (Wildman–Crippen LogP) is 1.84. The van der Waals surface area contributed by atoms with Gasteiger partial charge in [0.1, 0.15) is 11.7 Å². The SMILES string of the molecule is CCOC(=O)[C@H]1CCC[NH+](Cn2nc(C)n(-c3ccccc3C)c2=S)C1. The van der Waals surface area contributed by atoms with Gasteiger partial charge in [-0.15, -0.1) is 0 Å². The summed E-state index contributed by atoms with van der Waals surface area (Å²) in [5, 5.41) is 4.67. The van der Waals surface area contributed by atoms with Crippen LogP contribution in [0.3, 0.4) is 0 Å². The number of esters is 1. The van der Waals surface area contributed by atoms with Gasteiger partial charge in [0.05, 0.1) is 25.4 Å². The zero-order valence-electron chi connectivity index (χ0n) is 15.7. The summed E-state index contributed by atoms with van der Waals surface area (Å²) in [6.45, 7) is 8.82. The lowest BCUT2D eigenvalue weighted by molar-refractivity contribution is -0.930. The Labute approximate surface area is 159 Å². The molecule has 2 atom stereocenters. The Balaban J connectivity index is 1.79. The fraction of sp³-hybridized carbons (Fsp3) is 0.526. The van der Waals surface area contributed by atoms with Crippen molar-refractivity contribution in [2.75, 3.05) is 19.7 Å². The fourth-order valence-corrected chi connectivity index (χ4v) is 4.01. The average Bonchev–Trinajstić information content (AvgIpc) is 2.90. The second-order valence-electron chi connectivity index (χ2n) is 6.90. The Morgan fingerprint density at radius 2 is 2.15 bits per heavy atom. The van der Waals surface area contributed by atoms with Gasteiger partial charge >= 0.3 is 5.97 Å². The molecule has 140 valence electrons. The number of nitrogens with zero attached hydrogens (tertiary/aromatic N) is 3. The van der Waals surface area contributed by atoms with Crippen LogP contribution in [0.25, 0.3) is 5.69 Å². The van der Waals surface area contributed by atoms with Gasteiger partial charge in [0.25, 0.3) is 0 Å². The van der Waals surface area contributed by atoms with Crippen molar-refractivity contribution in [2.24, 2.45) is 5.92 Å². The second-order valence-corrected chi connectivity index (χ2v) is 7.27. The van der Waals surface area contributed by atoms with E-state index in [-0.39, 0.29) is 11.9 Å². The molecule has 1 N–H and O–H groups in total. The molecule has 1 saturated heterocycles. The highest BCUT2D eigenvalue weighted by Crippen LogP contribution is 2.16. The summed E-state index contributed by atoms with van der Waals surface area (Å²) in [5.41, 5.74) is 2.23. The number of rotatable bonds is 5. The van der Waals surface area contributed by atoms with Crippen LogP contribution in [0.5, 0.6) is 0 Å². The number of ether oxygens (including phenoxy) is 1. The van der Waals surface area contributed by atoms with Crippen LogP contribution in [0, 0.1) is 24.5 Å². The summed E-state index contributed by atoms with van der Waals surface area (Å²) in [5.74, 6) is 0.782. The molecule has 26 heavy (non-hydrogen) atoms. The van der Waals surface area contributed by atoms with E-state index in [2.05, 4.69) is 24.2 Å². The Morgan fingerprint density at radius 3 is 2.88 bits per heavy atom. The van der Waals surface area contributed by atoms with Crippen molar-refractivity contribution in [3.8, 4) is 5.69 Å². The third kappa shape index (κ3) is 3.88. The number of aromatic nitrogens is 3. The van der Waals surface area contributed by atoms with Crippen LogP contribution in [-0.2, 0) is 16.2 Å². The minimum absolute atomic E-state index is 0.0209. The number of quaternary nitrogens is 1. The van der Waals surface area contributed by atoms with E-state index < -0.39 is 0 Å². The van der Waals surface area contributed by atoms with E-state index >= 15 is 0 Å². The van der Waals surface area contributed by atoms with Crippen LogP contribution >= 0.6 is 12.2 Å². The Morgan fingerprint density at radius 1 is 1.38 bits per heavy atom. The van der Waals surface area contributed by atoms with Gasteiger partial charge in [-0.1, -0.05) is 18.2 Å². The molecular formula is C19H27N4O2S+. The zero-order chi connectivity index (χ0) is 18.7. The summed E-state index contributed by atoms with van der Waals surface area (Å²) in [4.78, 5) is 13.4. The molecule has 0 aliphatic carbocycles. The van der Waals surface area contributed by atoms with Crippen LogP contribution in [0.4, 0.5) is 0 Å². The van der Waals surface area contributed by atoms with Crippen LogP contribution in [0.15, 0.2) is 24.3 Å². The standard InChI is InChI=1S/C19H26N4O2S/c1-4-25-18(24)16-9-7-11-21(12-16)13-22-19(26)23(15(3)20-22)17-10-6-5-8-14(17)2/h5-6,8,10,16H,4,7,9,11-13H2,1-3H3/p+1/t16-/m0/s1. The third-order valence-electron chi connectivity index (χ3n) is 4.97. The van der Waals surface area contributed by atoms with E-state index in [1.165, 1.54) is 10.5 Å². The number of aryl methyl sites for hydroxylation is 2. The fourth-order valence-electron chi connectivity index (χ4n) is 3.68. The minimum Gasteiger partial charge on any atom is -0.466 e. The van der Waals surface area contributed by atoms with Crippen molar-refractivity contribution in [3.63, 3.8) is 0 Å². The van der Waals surface area contributed by atoms with Crippen LogP contribution < -0.4 is 4.90 Å². The van der Waals surface area contributed by atoms with E-state index in [9.17, 15) is 4.79 Å². The van der Waals surface area contributed by atoms with E-state index in [1.54, 1.807) is 0 Å². The summed E-state index contributed by atoms with van der Waals surface area (Å²) in [6, 6.07) is 8.18. The molecule has 2 heterocycles. The van der Waals surface area contributed by atoms with Crippen LogP contribution in [0.1, 0.15) is 31.2 Å². The molecule has 0 bridgehead atoms. The lowest BCUT2D eigenvalue weighted by atomic mass is 9.99. The molecule has 1 aromatic heterocycles. The maximum Gasteiger partial charge on any atom is 0.314 e. The molecule has 0 spiro atoms. The van der Waals surface area contributed by atoms with E-state index in [0.29, 0.717) is 18.0 Å². The topological polar surface area (TPSA) is 53.5 Å². The normalized spacial score (nSPS) is 20.1. The first-order valence-electron chi connectivity index (χ1n) is 9.24. The lowest BCUT2D eigenvalue weighted by Gasteiger charge is -2.28. The molecular weight excluding hydrogens is 348 g/mol. The first kappa shape index (κ1) is 18.8. The summed E-state index contributed by atoms with van der Waals surface area (Å²) in [7, 11) is 0. The maximum atomic E-state index is 12.1. The van der Waals surface area contributed by atoms with Crippen molar-refractivity contribution >= 4 is 18.2 Å². The van der Waals surface area contributed by atoms with Crippen molar-refractivity contribution in [3.05, 3.63) is 40.4 Å². The first-order chi connectivity index (χ1) is 12.5. The van der Waals surface area contributed by atoms with Gasteiger partial charge < -0.3 is 9.64 Å². The van der Waals surface area contributed by atoms with Gasteiger partial charge in [-0.05, 0) is 57.5 Å². The molecule has 3 rings (SSSR count). The predicted molar refractivity (Wildman–Crippen MR) is 102 cm³/mol. The van der Waals surface area contributed by atoms with Gasteiger partial charge in [0.15, 0.2) is 6.67 Å². The zero-order valence-corrected chi connectivity index (χ0v) is 16.5. The number of hydrogen-bond acceptors (Lipinski definition) is 4. The Kier molecular flexibility index (Phi) is 5.88. The van der Waals surface area contributed by atoms with Crippen LogP contribution in [-0.4, -0.2) is 40.0 Å². The summed E-state index contributed by atoms with van der Waals surface area (Å²) < 4.78 is 9.81. The van der Waals surface area contributed by atoms with Gasteiger partial charge in [-0.3, -0.25) is 9.36 Å². The molecule has 0 radical (unpaired) electrons. The number of likely N-dealkylation sites (tertiary alicyclic amines) is 1.